The standard InChI is InChI=1S/C25H26N8O3/c1-32-9-11-33(12-10-32)17-4-2-16(3-5-17)30-24(35)21-19(6-7-28-23(21)34)31-20-15-29-25-22(18(20)14-26)27-8-13-36-25/h2-7,15,27H,8-13H2,1H3,(H,30,35)(H2,28,31,34). The number of hydrogen-bond donors (Lipinski definition) is 4. The maximum atomic E-state index is 13.2. The van der Waals surface area contributed by atoms with Crippen LogP contribution in [0.3, 0.4) is 0 Å². The Hall–Kier alpha value is -4.56. The van der Waals surface area contributed by atoms with E-state index >= 15 is 0 Å². The first kappa shape index (κ1) is 23.2. The summed E-state index contributed by atoms with van der Waals surface area (Å²) in [6.45, 7) is 4.88. The van der Waals surface area contributed by atoms with Crippen molar-refractivity contribution in [3.8, 4) is 11.9 Å². The number of likely N-dealkylation sites (N-methyl/N-ethyl adjacent to an activating group) is 1. The predicted octanol–water partition coefficient (Wildman–Crippen LogP) is 2.19. The number of ether oxygens (including phenoxy) is 1. The van der Waals surface area contributed by atoms with E-state index in [9.17, 15) is 14.9 Å². The van der Waals surface area contributed by atoms with Gasteiger partial charge in [0.25, 0.3) is 11.5 Å². The van der Waals surface area contributed by atoms with Crippen molar-refractivity contribution in [2.45, 2.75) is 0 Å². The first-order chi connectivity index (χ1) is 17.5. The van der Waals surface area contributed by atoms with Gasteiger partial charge in [0.1, 0.15) is 29.5 Å². The van der Waals surface area contributed by atoms with Crippen LogP contribution in [0.1, 0.15) is 15.9 Å². The zero-order chi connectivity index (χ0) is 25.1. The van der Waals surface area contributed by atoms with Crippen molar-refractivity contribution in [1.82, 2.24) is 14.9 Å². The molecule has 1 amide bonds. The minimum absolute atomic E-state index is 0.105. The van der Waals surface area contributed by atoms with Gasteiger partial charge in [0.15, 0.2) is 0 Å². The first-order valence-corrected chi connectivity index (χ1v) is 11.7. The highest BCUT2D eigenvalue weighted by Crippen LogP contribution is 2.34. The molecular formula is C25H26N8O3. The number of H-pyrrole nitrogens is 1. The molecule has 2 aliphatic heterocycles. The van der Waals surface area contributed by atoms with E-state index in [1.807, 2.05) is 24.3 Å². The van der Waals surface area contributed by atoms with Crippen LogP contribution in [-0.4, -0.2) is 67.2 Å². The van der Waals surface area contributed by atoms with Gasteiger partial charge in [-0.05, 0) is 37.4 Å². The molecule has 2 aromatic heterocycles. The number of amides is 1. The van der Waals surface area contributed by atoms with Crippen molar-refractivity contribution in [1.29, 1.82) is 5.26 Å². The normalized spacial score (nSPS) is 15.2. The van der Waals surface area contributed by atoms with E-state index in [-0.39, 0.29) is 16.8 Å². The van der Waals surface area contributed by atoms with Gasteiger partial charge in [-0.1, -0.05) is 0 Å². The lowest BCUT2D eigenvalue weighted by molar-refractivity contribution is 0.102. The number of aromatic amines is 1. The number of aromatic nitrogens is 2. The van der Waals surface area contributed by atoms with Crippen LogP contribution in [0.5, 0.6) is 5.88 Å². The van der Waals surface area contributed by atoms with Gasteiger partial charge < -0.3 is 35.5 Å². The Bertz CT molecular complexity index is 1370. The van der Waals surface area contributed by atoms with Gasteiger partial charge in [0, 0.05) is 50.3 Å². The lowest BCUT2D eigenvalue weighted by atomic mass is 10.1. The number of nitrogens with zero attached hydrogens (tertiary/aromatic N) is 4. The van der Waals surface area contributed by atoms with Crippen LogP contribution in [0.15, 0.2) is 47.5 Å². The van der Waals surface area contributed by atoms with Crippen molar-refractivity contribution >= 4 is 34.3 Å². The van der Waals surface area contributed by atoms with Crippen LogP contribution in [0.25, 0.3) is 0 Å². The molecule has 0 radical (unpaired) electrons. The number of benzene rings is 1. The third kappa shape index (κ3) is 4.67. The van der Waals surface area contributed by atoms with Crippen molar-refractivity contribution in [3.63, 3.8) is 0 Å². The van der Waals surface area contributed by atoms with Crippen molar-refractivity contribution in [3.05, 3.63) is 64.2 Å². The molecule has 1 aromatic carbocycles. The molecule has 11 heteroatoms. The topological polar surface area (TPSA) is 138 Å². The Morgan fingerprint density at radius 3 is 2.67 bits per heavy atom. The number of piperazine rings is 1. The summed E-state index contributed by atoms with van der Waals surface area (Å²) in [4.78, 5) is 37.2. The molecule has 11 nitrogen and oxygen atoms in total. The first-order valence-electron chi connectivity index (χ1n) is 11.7. The van der Waals surface area contributed by atoms with Gasteiger partial charge in [0.2, 0.25) is 5.88 Å². The minimum atomic E-state index is -0.572. The van der Waals surface area contributed by atoms with Gasteiger partial charge in [-0.15, -0.1) is 0 Å². The molecule has 3 aromatic rings. The van der Waals surface area contributed by atoms with E-state index in [0.717, 1.165) is 31.9 Å². The van der Waals surface area contributed by atoms with E-state index in [0.29, 0.717) is 36.1 Å². The Balaban J connectivity index is 1.37. The fraction of sp³-hybridized carbons (Fsp3) is 0.280. The largest absolute Gasteiger partial charge is 0.474 e. The van der Waals surface area contributed by atoms with E-state index < -0.39 is 11.5 Å². The van der Waals surface area contributed by atoms with Crippen LogP contribution >= 0.6 is 0 Å². The highest BCUT2D eigenvalue weighted by molar-refractivity contribution is 6.08. The van der Waals surface area contributed by atoms with Gasteiger partial charge in [-0.25, -0.2) is 4.98 Å². The molecule has 0 unspecified atom stereocenters. The molecule has 4 N–H and O–H groups in total. The number of carbonyl (C=O) groups is 1. The Kier molecular flexibility index (Phi) is 6.42. The maximum Gasteiger partial charge on any atom is 0.263 e. The second-order valence-corrected chi connectivity index (χ2v) is 8.63. The van der Waals surface area contributed by atoms with Crippen LogP contribution in [0.2, 0.25) is 0 Å². The molecule has 0 bridgehead atoms. The smallest absolute Gasteiger partial charge is 0.263 e. The summed E-state index contributed by atoms with van der Waals surface area (Å²) in [5, 5.41) is 18.7. The summed E-state index contributed by atoms with van der Waals surface area (Å²) >= 11 is 0. The Morgan fingerprint density at radius 2 is 1.92 bits per heavy atom. The van der Waals surface area contributed by atoms with E-state index in [2.05, 4.69) is 48.8 Å². The van der Waals surface area contributed by atoms with Gasteiger partial charge >= 0.3 is 0 Å². The minimum Gasteiger partial charge on any atom is -0.474 e. The van der Waals surface area contributed by atoms with Crippen LogP contribution in [0.4, 0.5) is 28.4 Å². The summed E-state index contributed by atoms with van der Waals surface area (Å²) in [5.74, 6) is -0.232. The molecule has 1 fully saturated rings. The molecule has 4 heterocycles. The summed E-state index contributed by atoms with van der Waals surface area (Å²) in [6.07, 6.45) is 2.88. The number of fused-ring (bicyclic) bond motifs is 1. The number of hydrogen-bond acceptors (Lipinski definition) is 9. The highest BCUT2D eigenvalue weighted by Gasteiger charge is 2.22. The van der Waals surface area contributed by atoms with Crippen LogP contribution in [0, 0.1) is 11.3 Å². The average molecular weight is 487 g/mol. The SMILES string of the molecule is CN1CCN(c2ccc(NC(=O)c3c(Nc4cnc5c(c4C#N)NCCO5)cc[nH]c3=O)cc2)CC1. The van der Waals surface area contributed by atoms with Gasteiger partial charge in [-0.2, -0.15) is 5.26 Å². The number of carbonyl (C=O) groups excluding carboxylic acids is 1. The molecule has 0 saturated carbocycles. The number of rotatable bonds is 5. The predicted molar refractivity (Wildman–Crippen MR) is 137 cm³/mol. The fourth-order valence-electron chi connectivity index (χ4n) is 4.27. The lowest BCUT2D eigenvalue weighted by Gasteiger charge is -2.34. The van der Waals surface area contributed by atoms with Crippen LogP contribution < -0.4 is 31.1 Å². The molecule has 0 spiro atoms. The number of nitrogens with one attached hydrogen (secondary N) is 4. The van der Waals surface area contributed by atoms with E-state index in [1.54, 1.807) is 6.07 Å². The molecule has 5 rings (SSSR count). The zero-order valence-electron chi connectivity index (χ0n) is 19.8. The van der Waals surface area contributed by atoms with Crippen LogP contribution in [-0.2, 0) is 0 Å². The fourth-order valence-corrected chi connectivity index (χ4v) is 4.27. The quantitative estimate of drug-likeness (QED) is 0.427. The summed E-state index contributed by atoms with van der Waals surface area (Å²) in [5.41, 5.74) is 2.36. The molecule has 36 heavy (non-hydrogen) atoms. The summed E-state index contributed by atoms with van der Waals surface area (Å²) in [7, 11) is 2.11. The maximum absolute atomic E-state index is 13.2. The lowest BCUT2D eigenvalue weighted by Crippen LogP contribution is -2.44. The van der Waals surface area contributed by atoms with Crippen molar-refractivity contribution < 1.29 is 9.53 Å². The Morgan fingerprint density at radius 1 is 1.14 bits per heavy atom. The molecule has 184 valence electrons. The number of pyridine rings is 2. The van der Waals surface area contributed by atoms with E-state index in [4.69, 9.17) is 4.74 Å². The average Bonchev–Trinajstić information content (AvgIpc) is 2.89. The monoisotopic (exact) mass is 486 g/mol. The third-order valence-electron chi connectivity index (χ3n) is 6.25. The molecule has 1 saturated heterocycles. The van der Waals surface area contributed by atoms with E-state index in [1.165, 1.54) is 12.4 Å². The Labute approximate surface area is 207 Å². The highest BCUT2D eigenvalue weighted by atomic mass is 16.5. The summed E-state index contributed by atoms with van der Waals surface area (Å²) < 4.78 is 5.49. The third-order valence-corrected chi connectivity index (χ3v) is 6.25. The molecule has 0 atom stereocenters. The van der Waals surface area contributed by atoms with Gasteiger partial charge in [0.05, 0.1) is 17.6 Å². The number of anilines is 5. The van der Waals surface area contributed by atoms with Crippen molar-refractivity contribution in [2.24, 2.45) is 0 Å². The zero-order valence-corrected chi connectivity index (χ0v) is 19.8. The van der Waals surface area contributed by atoms with Gasteiger partial charge in [-0.3, -0.25) is 9.59 Å². The number of nitriles is 1. The summed E-state index contributed by atoms with van der Waals surface area (Å²) in [6, 6.07) is 11.3. The molecule has 2 aliphatic rings. The molecular weight excluding hydrogens is 460 g/mol. The molecule has 0 aliphatic carbocycles. The second-order valence-electron chi connectivity index (χ2n) is 8.63. The van der Waals surface area contributed by atoms with Crippen molar-refractivity contribution in [2.75, 3.05) is 67.2 Å². The second kappa shape index (κ2) is 9.97.